The standard InChI is InChI=1S/C40H43N3O4S.H2O/c1-4-5-6-7-8-9-10-37-41-40(48-28-30-13-17-32(18-14-30)34-21-25-36(26-22-34)39(45)47-3)42-43(37)27-29-11-15-31(16-12-29)33-19-23-35(24-20-33)38(44)46-2;/h11-26H,4-10,27-28H2,1-3H3;1H2. The minimum Gasteiger partial charge on any atom is -0.465 e. The third-order valence-electron chi connectivity index (χ3n) is 8.37. The highest BCUT2D eigenvalue weighted by Crippen LogP contribution is 2.26. The second kappa shape index (κ2) is 18.7. The Morgan fingerprint density at radius 2 is 1.08 bits per heavy atom. The molecule has 0 aliphatic heterocycles. The van der Waals surface area contributed by atoms with E-state index in [1.54, 1.807) is 36.0 Å². The van der Waals surface area contributed by atoms with Crippen LogP contribution in [0, 0.1) is 0 Å². The Kier molecular flexibility index (Phi) is 14.2. The van der Waals surface area contributed by atoms with Crippen LogP contribution in [0.15, 0.2) is 102 Å². The highest BCUT2D eigenvalue weighted by Gasteiger charge is 2.13. The van der Waals surface area contributed by atoms with Gasteiger partial charge in [0, 0.05) is 12.2 Å². The molecule has 0 fully saturated rings. The quantitative estimate of drug-likeness (QED) is 0.0583. The average Bonchev–Trinajstić information content (AvgIpc) is 3.53. The van der Waals surface area contributed by atoms with Crippen molar-refractivity contribution in [1.82, 2.24) is 14.8 Å². The molecule has 0 amide bonds. The molecule has 4 aromatic carbocycles. The van der Waals surface area contributed by atoms with Gasteiger partial charge in [0.05, 0.1) is 31.9 Å². The van der Waals surface area contributed by atoms with Crippen molar-refractivity contribution < 1.29 is 24.5 Å². The zero-order valence-corrected chi connectivity index (χ0v) is 29.3. The molecule has 5 rings (SSSR count). The lowest BCUT2D eigenvalue weighted by atomic mass is 10.0. The highest BCUT2D eigenvalue weighted by atomic mass is 32.2. The normalized spacial score (nSPS) is 10.8. The van der Waals surface area contributed by atoms with Crippen LogP contribution in [-0.2, 0) is 28.2 Å². The van der Waals surface area contributed by atoms with E-state index in [1.807, 2.05) is 24.3 Å². The maximum Gasteiger partial charge on any atom is 0.337 e. The Morgan fingerprint density at radius 1 is 0.633 bits per heavy atom. The van der Waals surface area contributed by atoms with Gasteiger partial charge < -0.3 is 14.9 Å². The van der Waals surface area contributed by atoms with Crippen LogP contribution < -0.4 is 0 Å². The van der Waals surface area contributed by atoms with Crippen molar-refractivity contribution in [2.24, 2.45) is 0 Å². The molecule has 0 unspecified atom stereocenters. The van der Waals surface area contributed by atoms with Gasteiger partial charge in [0.1, 0.15) is 5.82 Å². The lowest BCUT2D eigenvalue weighted by molar-refractivity contribution is 0.0592. The zero-order valence-electron chi connectivity index (χ0n) is 28.5. The average molecular weight is 680 g/mol. The van der Waals surface area contributed by atoms with Crippen molar-refractivity contribution in [2.75, 3.05) is 14.2 Å². The smallest absolute Gasteiger partial charge is 0.337 e. The lowest BCUT2D eigenvalue weighted by Crippen LogP contribution is -2.07. The maximum absolute atomic E-state index is 11.8. The Hall–Kier alpha value is -4.73. The monoisotopic (exact) mass is 679 g/mol. The van der Waals surface area contributed by atoms with E-state index in [0.717, 1.165) is 57.4 Å². The van der Waals surface area contributed by atoms with Gasteiger partial charge >= 0.3 is 11.9 Å². The molecule has 0 bridgehead atoms. The first-order valence-electron chi connectivity index (χ1n) is 16.6. The van der Waals surface area contributed by atoms with E-state index in [2.05, 4.69) is 60.1 Å². The fourth-order valence-corrected chi connectivity index (χ4v) is 6.35. The first-order chi connectivity index (χ1) is 23.5. The van der Waals surface area contributed by atoms with E-state index >= 15 is 0 Å². The molecule has 0 saturated heterocycles. The van der Waals surface area contributed by atoms with E-state index < -0.39 is 0 Å². The van der Waals surface area contributed by atoms with Crippen LogP contribution in [-0.4, -0.2) is 46.4 Å². The fraction of sp³-hybridized carbons (Fsp3) is 0.300. The van der Waals surface area contributed by atoms with Gasteiger partial charge in [-0.1, -0.05) is 124 Å². The van der Waals surface area contributed by atoms with Crippen molar-refractivity contribution in [3.8, 4) is 22.3 Å². The van der Waals surface area contributed by atoms with Crippen LogP contribution >= 0.6 is 11.8 Å². The molecular weight excluding hydrogens is 635 g/mol. The summed E-state index contributed by atoms with van der Waals surface area (Å²) in [5.74, 6) is 1.13. The topological polar surface area (TPSA) is 115 Å². The van der Waals surface area contributed by atoms with E-state index in [9.17, 15) is 9.59 Å². The molecule has 1 aromatic heterocycles. The predicted octanol–water partition coefficient (Wildman–Crippen LogP) is 8.60. The van der Waals surface area contributed by atoms with Gasteiger partial charge in [-0.25, -0.2) is 19.3 Å². The summed E-state index contributed by atoms with van der Waals surface area (Å²) in [4.78, 5) is 28.5. The van der Waals surface area contributed by atoms with Gasteiger partial charge in [-0.3, -0.25) is 0 Å². The molecule has 5 aromatic rings. The number of thioether (sulfide) groups is 1. The zero-order chi connectivity index (χ0) is 33.7. The molecule has 1 heterocycles. The van der Waals surface area contributed by atoms with Crippen molar-refractivity contribution in [3.05, 3.63) is 125 Å². The Morgan fingerprint density at radius 3 is 1.57 bits per heavy atom. The first-order valence-corrected chi connectivity index (χ1v) is 17.6. The summed E-state index contributed by atoms with van der Waals surface area (Å²) in [6, 6.07) is 31.9. The van der Waals surface area contributed by atoms with E-state index in [-0.39, 0.29) is 17.4 Å². The van der Waals surface area contributed by atoms with Gasteiger partial charge in [0.15, 0.2) is 0 Å². The van der Waals surface area contributed by atoms with Gasteiger partial charge in [0.2, 0.25) is 5.16 Å². The summed E-state index contributed by atoms with van der Waals surface area (Å²) in [5.41, 5.74) is 7.70. The molecule has 0 aliphatic carbocycles. The Bertz CT molecular complexity index is 1770. The van der Waals surface area contributed by atoms with Crippen LogP contribution in [0.2, 0.25) is 0 Å². The summed E-state index contributed by atoms with van der Waals surface area (Å²) in [6.07, 6.45) is 8.32. The number of hydrogen-bond donors (Lipinski definition) is 0. The summed E-state index contributed by atoms with van der Waals surface area (Å²) in [5, 5.41) is 5.74. The van der Waals surface area contributed by atoms with Crippen molar-refractivity contribution in [1.29, 1.82) is 0 Å². The molecule has 0 spiro atoms. The first kappa shape index (κ1) is 37.1. The summed E-state index contributed by atoms with van der Waals surface area (Å²) >= 11 is 1.66. The molecule has 0 atom stereocenters. The lowest BCUT2D eigenvalue weighted by Gasteiger charge is -2.08. The largest absolute Gasteiger partial charge is 0.465 e. The fourth-order valence-electron chi connectivity index (χ4n) is 5.54. The number of methoxy groups -OCH3 is 2. The van der Waals surface area contributed by atoms with Crippen LogP contribution in [0.25, 0.3) is 22.3 Å². The summed E-state index contributed by atoms with van der Waals surface area (Å²) in [6.45, 7) is 2.90. The number of rotatable bonds is 16. The molecule has 0 saturated carbocycles. The Balaban J connectivity index is 0.00000541. The molecule has 49 heavy (non-hydrogen) atoms. The minimum atomic E-state index is -0.335. The number of unbranched alkanes of at least 4 members (excludes halogenated alkanes) is 5. The number of carbonyl (C=O) groups is 2. The minimum absolute atomic E-state index is 0. The number of benzene rings is 4. The molecule has 8 nitrogen and oxygen atoms in total. The Labute approximate surface area is 293 Å². The SMILES string of the molecule is CCCCCCCCc1nc(SCc2ccc(-c3ccc(C(=O)OC)cc3)cc2)nn1Cc1ccc(-c2ccc(C(=O)OC)cc2)cc1.O. The molecule has 256 valence electrons. The number of esters is 2. The molecule has 0 aliphatic rings. The van der Waals surface area contributed by atoms with E-state index in [0.29, 0.717) is 17.7 Å². The van der Waals surface area contributed by atoms with Gasteiger partial charge in [0.25, 0.3) is 0 Å². The van der Waals surface area contributed by atoms with Gasteiger partial charge in [-0.15, -0.1) is 5.10 Å². The third kappa shape index (κ3) is 10.4. The number of aryl methyl sites for hydroxylation is 1. The number of nitrogens with zero attached hydrogens (tertiary/aromatic N) is 3. The summed E-state index contributed by atoms with van der Waals surface area (Å²) < 4.78 is 11.7. The number of ether oxygens (including phenoxy) is 2. The molecule has 0 radical (unpaired) electrons. The number of aromatic nitrogens is 3. The van der Waals surface area contributed by atoms with Gasteiger partial charge in [-0.2, -0.15) is 0 Å². The number of hydrogen-bond acceptors (Lipinski definition) is 7. The third-order valence-corrected chi connectivity index (χ3v) is 9.28. The highest BCUT2D eigenvalue weighted by molar-refractivity contribution is 7.98. The van der Waals surface area contributed by atoms with Crippen LogP contribution in [0.4, 0.5) is 0 Å². The second-order valence-electron chi connectivity index (χ2n) is 11.8. The summed E-state index contributed by atoms with van der Waals surface area (Å²) in [7, 11) is 2.78. The van der Waals surface area contributed by atoms with Gasteiger partial charge in [-0.05, 0) is 64.1 Å². The van der Waals surface area contributed by atoms with Crippen LogP contribution in [0.3, 0.4) is 0 Å². The molecular formula is C40H45N3O5S. The molecule has 9 heteroatoms. The van der Waals surface area contributed by atoms with Crippen molar-refractivity contribution in [3.63, 3.8) is 0 Å². The number of carbonyl (C=O) groups excluding carboxylic acids is 2. The second-order valence-corrected chi connectivity index (χ2v) is 12.7. The van der Waals surface area contributed by atoms with Crippen LogP contribution in [0.5, 0.6) is 0 Å². The van der Waals surface area contributed by atoms with E-state index in [1.165, 1.54) is 51.9 Å². The van der Waals surface area contributed by atoms with Crippen molar-refractivity contribution >= 4 is 23.7 Å². The van der Waals surface area contributed by atoms with Crippen LogP contribution in [0.1, 0.15) is 83.1 Å². The predicted molar refractivity (Wildman–Crippen MR) is 196 cm³/mol. The maximum atomic E-state index is 11.8. The van der Waals surface area contributed by atoms with Crippen molar-refractivity contribution in [2.45, 2.75) is 69.3 Å². The molecule has 2 N–H and O–H groups in total. The van der Waals surface area contributed by atoms with E-state index in [4.69, 9.17) is 19.6 Å².